The van der Waals surface area contributed by atoms with Crippen molar-refractivity contribution in [3.63, 3.8) is 0 Å². The molecule has 3 saturated carbocycles. The molecule has 46 heavy (non-hydrogen) atoms. The Morgan fingerprint density at radius 1 is 1.09 bits per heavy atom. The van der Waals surface area contributed by atoms with E-state index in [9.17, 15) is 24.6 Å². The summed E-state index contributed by atoms with van der Waals surface area (Å²) in [6.45, 7) is 12.6. The van der Waals surface area contributed by atoms with Crippen LogP contribution in [0.25, 0.3) is 0 Å². The lowest BCUT2D eigenvalue weighted by molar-refractivity contribution is -0.165. The van der Waals surface area contributed by atoms with Gasteiger partial charge in [-0.2, -0.15) is 0 Å². The fourth-order valence-electron chi connectivity index (χ4n) is 12.4. The first kappa shape index (κ1) is 31.0. The van der Waals surface area contributed by atoms with Gasteiger partial charge in [0.25, 0.3) is 0 Å². The predicted molar refractivity (Wildman–Crippen MR) is 164 cm³/mol. The van der Waals surface area contributed by atoms with Gasteiger partial charge in [0.15, 0.2) is 0 Å². The SMILES string of the molecule is CC(=O)OC1CC(C)(O)C2CC=C(C)C2C2OC(=O)C3(CC45C=CC3(C)C4C3OC(=O)C(CN4CCOCC4)C3CCC5(C)O)C12. The van der Waals surface area contributed by atoms with E-state index in [0.717, 1.165) is 18.7 Å². The van der Waals surface area contributed by atoms with Gasteiger partial charge in [-0.15, -0.1) is 0 Å². The van der Waals surface area contributed by atoms with E-state index in [-0.39, 0.29) is 47.9 Å². The first-order valence-electron chi connectivity index (χ1n) is 17.4. The number of hydrogen-bond donors (Lipinski definition) is 2. The van der Waals surface area contributed by atoms with E-state index >= 15 is 0 Å². The maximum Gasteiger partial charge on any atom is 0.313 e. The lowest BCUT2D eigenvalue weighted by atomic mass is 9.54. The zero-order valence-corrected chi connectivity index (χ0v) is 27.7. The number of carbonyl (C=O) groups excluding carboxylic acids is 3. The van der Waals surface area contributed by atoms with Gasteiger partial charge in [0.2, 0.25) is 0 Å². The highest BCUT2D eigenvalue weighted by molar-refractivity contribution is 5.84. The molecule has 252 valence electrons. The van der Waals surface area contributed by atoms with Crippen LogP contribution in [0.2, 0.25) is 0 Å². The minimum absolute atomic E-state index is 0.111. The summed E-state index contributed by atoms with van der Waals surface area (Å²) in [7, 11) is 0. The van der Waals surface area contributed by atoms with E-state index in [1.54, 1.807) is 0 Å². The average Bonchev–Trinajstić information content (AvgIpc) is 3.70. The minimum Gasteiger partial charge on any atom is -0.462 e. The lowest BCUT2D eigenvalue weighted by Crippen LogP contribution is -2.53. The summed E-state index contributed by atoms with van der Waals surface area (Å²) in [6.07, 6.45) is 6.75. The summed E-state index contributed by atoms with van der Waals surface area (Å²) in [5.41, 5.74) is -4.16. The van der Waals surface area contributed by atoms with Crippen molar-refractivity contribution in [2.45, 2.75) is 96.2 Å². The molecule has 3 heterocycles. The maximum absolute atomic E-state index is 14.8. The van der Waals surface area contributed by atoms with Gasteiger partial charge in [-0.1, -0.05) is 30.7 Å². The van der Waals surface area contributed by atoms with Crippen LogP contribution >= 0.6 is 0 Å². The fraction of sp³-hybridized carbons (Fsp3) is 0.806. The molecule has 1 spiro atoms. The summed E-state index contributed by atoms with van der Waals surface area (Å²) >= 11 is 0. The first-order chi connectivity index (χ1) is 21.7. The molecule has 14 atom stereocenters. The van der Waals surface area contributed by atoms with Crippen LogP contribution in [0.5, 0.6) is 0 Å². The number of allylic oxidation sites excluding steroid dienone is 2. The molecule has 8 aliphatic rings. The number of esters is 3. The zero-order valence-electron chi connectivity index (χ0n) is 27.7. The quantitative estimate of drug-likeness (QED) is 0.270. The van der Waals surface area contributed by atoms with Crippen molar-refractivity contribution in [2.75, 3.05) is 32.8 Å². The minimum atomic E-state index is -1.19. The van der Waals surface area contributed by atoms with Crippen molar-refractivity contribution in [3.8, 4) is 0 Å². The third kappa shape index (κ3) is 3.81. The monoisotopic (exact) mass is 639 g/mol. The van der Waals surface area contributed by atoms with E-state index < -0.39 is 57.6 Å². The van der Waals surface area contributed by atoms with E-state index in [4.69, 9.17) is 18.9 Å². The molecule has 3 aliphatic heterocycles. The van der Waals surface area contributed by atoms with Crippen molar-refractivity contribution in [2.24, 2.45) is 51.8 Å². The van der Waals surface area contributed by atoms with Gasteiger partial charge in [-0.3, -0.25) is 19.3 Å². The van der Waals surface area contributed by atoms with Gasteiger partial charge in [-0.05, 0) is 46.5 Å². The van der Waals surface area contributed by atoms with Crippen LogP contribution in [0.1, 0.15) is 66.7 Å². The molecular weight excluding hydrogens is 590 g/mol. The molecule has 10 nitrogen and oxygen atoms in total. The number of hydrogen-bond acceptors (Lipinski definition) is 10. The zero-order chi connectivity index (χ0) is 32.6. The number of aliphatic hydroxyl groups is 2. The van der Waals surface area contributed by atoms with Crippen LogP contribution in [0, 0.1) is 51.8 Å². The second-order valence-electron chi connectivity index (χ2n) is 16.6. The summed E-state index contributed by atoms with van der Waals surface area (Å²) in [5.74, 6) is -2.76. The van der Waals surface area contributed by atoms with Crippen molar-refractivity contribution < 1.29 is 43.5 Å². The number of nitrogens with zero attached hydrogens (tertiary/aromatic N) is 1. The second-order valence-corrected chi connectivity index (χ2v) is 16.6. The highest BCUT2D eigenvalue weighted by Gasteiger charge is 2.85. The first-order valence-corrected chi connectivity index (χ1v) is 17.4. The van der Waals surface area contributed by atoms with Gasteiger partial charge in [0.1, 0.15) is 18.3 Å². The van der Waals surface area contributed by atoms with Crippen LogP contribution in [0.4, 0.5) is 0 Å². The van der Waals surface area contributed by atoms with E-state index in [1.165, 1.54) is 6.92 Å². The third-order valence-electron chi connectivity index (χ3n) is 14.5. The Balaban J connectivity index is 1.26. The van der Waals surface area contributed by atoms with Crippen LogP contribution in [-0.2, 0) is 33.3 Å². The topological polar surface area (TPSA) is 132 Å². The van der Waals surface area contributed by atoms with Crippen molar-refractivity contribution in [1.82, 2.24) is 4.90 Å². The molecule has 6 fully saturated rings. The maximum atomic E-state index is 14.8. The molecule has 8 rings (SSSR count). The molecule has 0 radical (unpaired) electrons. The Kier molecular flexibility index (Phi) is 6.67. The van der Waals surface area contributed by atoms with E-state index in [0.29, 0.717) is 45.4 Å². The van der Waals surface area contributed by atoms with Gasteiger partial charge in [-0.25, -0.2) is 0 Å². The van der Waals surface area contributed by atoms with Gasteiger partial charge in [0, 0.05) is 67.5 Å². The number of morpholine rings is 1. The average molecular weight is 640 g/mol. The van der Waals surface area contributed by atoms with Crippen LogP contribution in [0.3, 0.4) is 0 Å². The number of carbonyl (C=O) groups is 3. The van der Waals surface area contributed by atoms with Crippen LogP contribution < -0.4 is 0 Å². The Hall–Kier alpha value is -2.27. The lowest BCUT2D eigenvalue weighted by Gasteiger charge is -2.46. The Morgan fingerprint density at radius 3 is 2.54 bits per heavy atom. The highest BCUT2D eigenvalue weighted by atomic mass is 16.6. The largest absolute Gasteiger partial charge is 0.462 e. The van der Waals surface area contributed by atoms with Gasteiger partial charge >= 0.3 is 17.9 Å². The highest BCUT2D eigenvalue weighted by Crippen LogP contribution is 2.80. The summed E-state index contributed by atoms with van der Waals surface area (Å²) in [6, 6.07) is 0. The Bertz CT molecular complexity index is 1410. The number of rotatable bonds is 3. The van der Waals surface area contributed by atoms with Crippen molar-refractivity contribution in [3.05, 3.63) is 23.8 Å². The fourth-order valence-corrected chi connectivity index (χ4v) is 12.4. The summed E-state index contributed by atoms with van der Waals surface area (Å²) < 4.78 is 24.6. The van der Waals surface area contributed by atoms with Gasteiger partial charge < -0.3 is 29.2 Å². The molecule has 5 aliphatic carbocycles. The second kappa shape index (κ2) is 9.89. The normalized spacial score (nSPS) is 53.9. The molecule has 0 aromatic rings. The molecule has 0 aromatic carbocycles. The van der Waals surface area contributed by atoms with Crippen LogP contribution in [0.15, 0.2) is 23.8 Å². The standard InChI is InChI=1S/C36H49NO9/c1-19-6-7-23-25(19)28-26(24(44-20(2)38)16-33(23,4)41)36(31(40)46-28)18-35-11-10-32(36,3)29(35)27-21(8-9-34(35,5)42)22(30(39)45-27)17-37-12-14-43-15-13-37/h6,10-11,21-29,41-42H,7-9,12-18H2,1-5H3. The molecule has 10 heteroatoms. The van der Waals surface area contributed by atoms with E-state index in [2.05, 4.69) is 30.1 Å². The van der Waals surface area contributed by atoms with Gasteiger partial charge in [0.05, 0.1) is 41.7 Å². The molecule has 3 saturated heterocycles. The molecule has 14 unspecified atom stereocenters. The number of ether oxygens (including phenoxy) is 4. The summed E-state index contributed by atoms with van der Waals surface area (Å²) in [4.78, 5) is 43.5. The predicted octanol–water partition coefficient (Wildman–Crippen LogP) is 2.80. The third-order valence-corrected chi connectivity index (χ3v) is 14.5. The molecular formula is C36H49NO9. The molecule has 2 bridgehead atoms. The Morgan fingerprint density at radius 2 is 1.83 bits per heavy atom. The van der Waals surface area contributed by atoms with E-state index in [1.807, 2.05) is 20.8 Å². The van der Waals surface area contributed by atoms with Crippen molar-refractivity contribution in [1.29, 1.82) is 0 Å². The molecule has 0 aromatic heterocycles. The Labute approximate surface area is 270 Å². The van der Waals surface area contributed by atoms with Crippen LogP contribution in [-0.4, -0.2) is 95.4 Å². The molecule has 2 N–H and O–H groups in total. The summed E-state index contributed by atoms with van der Waals surface area (Å²) in [5, 5.41) is 24.4. The van der Waals surface area contributed by atoms with Crippen molar-refractivity contribution >= 4 is 17.9 Å². The number of fused-ring (bicyclic) bond motifs is 6. The molecule has 0 amide bonds. The smallest absolute Gasteiger partial charge is 0.313 e.